The third-order valence-corrected chi connectivity index (χ3v) is 5.00. The van der Waals surface area contributed by atoms with Crippen LogP contribution in [0.5, 0.6) is 5.75 Å². The largest absolute Gasteiger partial charge is 0.494 e. The Morgan fingerprint density at radius 1 is 1.14 bits per heavy atom. The number of ether oxygens (including phenoxy) is 1. The summed E-state index contributed by atoms with van der Waals surface area (Å²) >= 11 is 0. The normalized spacial score (nSPS) is 11.6. The molecule has 5 rings (SSSR count). The molecule has 0 atom stereocenters. The zero-order valence-corrected chi connectivity index (χ0v) is 15.0. The van der Waals surface area contributed by atoms with Gasteiger partial charge in [-0.15, -0.1) is 0 Å². The number of nitrogens with two attached hydrogens (primary N) is 1. The van der Waals surface area contributed by atoms with Crippen molar-refractivity contribution in [3.63, 3.8) is 0 Å². The summed E-state index contributed by atoms with van der Waals surface area (Å²) in [5, 5.41) is 7.70. The zero-order valence-electron chi connectivity index (χ0n) is 15.0. The van der Waals surface area contributed by atoms with Crippen LogP contribution in [0.2, 0.25) is 0 Å². The van der Waals surface area contributed by atoms with E-state index in [0.717, 1.165) is 6.07 Å². The highest BCUT2D eigenvalue weighted by molar-refractivity contribution is 6.15. The number of aromatic amines is 2. The van der Waals surface area contributed by atoms with E-state index >= 15 is 0 Å². The molecule has 4 N–H and O–H groups in total. The van der Waals surface area contributed by atoms with Gasteiger partial charge in [-0.1, -0.05) is 0 Å². The van der Waals surface area contributed by atoms with Gasteiger partial charge in [0.15, 0.2) is 11.6 Å². The number of anilines is 1. The van der Waals surface area contributed by atoms with Gasteiger partial charge in [-0.05, 0) is 29.8 Å². The lowest BCUT2D eigenvalue weighted by molar-refractivity contribution is 0.419. The van der Waals surface area contributed by atoms with E-state index in [1.54, 1.807) is 24.4 Å². The molecule has 29 heavy (non-hydrogen) atoms. The van der Waals surface area contributed by atoms with E-state index in [0.29, 0.717) is 32.9 Å². The number of pyridine rings is 2. The first kappa shape index (κ1) is 17.1. The van der Waals surface area contributed by atoms with Crippen molar-refractivity contribution in [2.45, 2.75) is 0 Å². The minimum atomic E-state index is -1.08. The first-order valence-corrected chi connectivity index (χ1v) is 8.60. The van der Waals surface area contributed by atoms with Gasteiger partial charge < -0.3 is 15.5 Å². The number of halogens is 2. The van der Waals surface area contributed by atoms with E-state index in [1.165, 1.54) is 13.3 Å². The molecule has 0 unspecified atom stereocenters. The van der Waals surface area contributed by atoms with Crippen LogP contribution in [-0.2, 0) is 0 Å². The molecule has 0 saturated heterocycles. The Kier molecular flexibility index (Phi) is 3.54. The predicted octanol–water partition coefficient (Wildman–Crippen LogP) is 3.49. The second-order valence-electron chi connectivity index (χ2n) is 6.52. The van der Waals surface area contributed by atoms with Crippen LogP contribution in [0.25, 0.3) is 43.8 Å². The average molecular weight is 393 g/mol. The van der Waals surface area contributed by atoms with E-state index in [4.69, 9.17) is 10.5 Å². The molecule has 0 fully saturated rings. The number of aromatic nitrogens is 4. The summed E-state index contributed by atoms with van der Waals surface area (Å²) in [5.74, 6) is -1.69. The molecule has 0 bridgehead atoms. The number of benzene rings is 2. The fourth-order valence-corrected chi connectivity index (χ4v) is 3.69. The molecule has 5 aromatic rings. The van der Waals surface area contributed by atoms with Gasteiger partial charge in [0.05, 0.1) is 18.8 Å². The van der Waals surface area contributed by atoms with Crippen molar-refractivity contribution < 1.29 is 13.5 Å². The lowest BCUT2D eigenvalue weighted by Gasteiger charge is -2.15. The molecule has 0 amide bonds. The van der Waals surface area contributed by atoms with Crippen LogP contribution in [0.3, 0.4) is 0 Å². The molecule has 3 aromatic heterocycles. The van der Waals surface area contributed by atoms with E-state index < -0.39 is 17.2 Å². The van der Waals surface area contributed by atoms with Gasteiger partial charge in [-0.25, -0.2) is 8.78 Å². The second kappa shape index (κ2) is 5.99. The number of fused-ring (bicyclic) bond motifs is 4. The fourth-order valence-electron chi connectivity index (χ4n) is 3.69. The molecule has 0 aliphatic rings. The van der Waals surface area contributed by atoms with Gasteiger partial charge in [0.25, 0.3) is 5.56 Å². The van der Waals surface area contributed by atoms with Crippen molar-refractivity contribution in [2.75, 3.05) is 12.8 Å². The van der Waals surface area contributed by atoms with Crippen LogP contribution in [0.4, 0.5) is 14.5 Å². The minimum absolute atomic E-state index is 0.109. The minimum Gasteiger partial charge on any atom is -0.494 e. The average Bonchev–Trinajstić information content (AvgIpc) is 3.22. The monoisotopic (exact) mass is 393 g/mol. The Balaban J connectivity index is 2.04. The summed E-state index contributed by atoms with van der Waals surface area (Å²) < 4.78 is 34.0. The Hall–Kier alpha value is -4.01. The van der Waals surface area contributed by atoms with Crippen molar-refractivity contribution >= 4 is 38.4 Å². The maximum Gasteiger partial charge on any atom is 0.272 e. The van der Waals surface area contributed by atoms with Gasteiger partial charge >= 0.3 is 0 Å². The highest BCUT2D eigenvalue weighted by atomic mass is 19.2. The first-order valence-electron chi connectivity index (χ1n) is 8.60. The van der Waals surface area contributed by atoms with Crippen molar-refractivity contribution in [3.8, 4) is 16.9 Å². The van der Waals surface area contributed by atoms with Crippen molar-refractivity contribution in [1.82, 2.24) is 20.2 Å². The quantitative estimate of drug-likeness (QED) is 0.398. The van der Waals surface area contributed by atoms with Gasteiger partial charge in [0, 0.05) is 27.9 Å². The third-order valence-electron chi connectivity index (χ3n) is 5.00. The number of nitrogens with one attached hydrogen (secondary N) is 2. The van der Waals surface area contributed by atoms with Crippen molar-refractivity contribution in [2.24, 2.45) is 0 Å². The summed E-state index contributed by atoms with van der Waals surface area (Å²) in [5.41, 5.74) is 6.84. The van der Waals surface area contributed by atoms with E-state index in [2.05, 4.69) is 20.2 Å². The van der Waals surface area contributed by atoms with Crippen molar-refractivity contribution in [1.29, 1.82) is 0 Å². The standard InChI is InChI=1S/C20H13F2N5O2/c1-29-13-6-10-14(9-5-12(21)15(22)19-11(9)7-25-27-19)16(23)20(28)26-17(10)8-3-2-4-24-18(8)13/h2-7H,23H2,1H3,(H,25,27)(H,26,28). The van der Waals surface area contributed by atoms with Crippen LogP contribution in [0, 0.1) is 11.6 Å². The number of methoxy groups -OCH3 is 1. The first-order chi connectivity index (χ1) is 14.0. The van der Waals surface area contributed by atoms with Crippen LogP contribution in [-0.4, -0.2) is 27.3 Å². The smallest absolute Gasteiger partial charge is 0.272 e. The zero-order chi connectivity index (χ0) is 20.3. The van der Waals surface area contributed by atoms with Gasteiger partial charge in [-0.3, -0.25) is 14.9 Å². The Morgan fingerprint density at radius 3 is 2.76 bits per heavy atom. The lowest BCUT2D eigenvalue weighted by atomic mass is 9.95. The van der Waals surface area contributed by atoms with Crippen LogP contribution in [0.1, 0.15) is 0 Å². The number of H-pyrrole nitrogens is 2. The number of nitrogen functional groups attached to an aromatic ring is 1. The SMILES string of the molecule is COc1cc2c(-c3cc(F)c(F)c4[nH]ncc34)c(N)c(=O)[nH]c2c2cccnc12. The second-order valence-corrected chi connectivity index (χ2v) is 6.52. The lowest BCUT2D eigenvalue weighted by Crippen LogP contribution is -2.14. The summed E-state index contributed by atoms with van der Waals surface area (Å²) in [6.07, 6.45) is 2.97. The van der Waals surface area contributed by atoms with Crippen LogP contribution < -0.4 is 16.0 Å². The Morgan fingerprint density at radius 2 is 1.97 bits per heavy atom. The maximum atomic E-state index is 14.3. The summed E-state index contributed by atoms with van der Waals surface area (Å²) in [6, 6.07) is 6.18. The molecule has 9 heteroatoms. The van der Waals surface area contributed by atoms with E-state index in [1.807, 2.05) is 0 Å². The number of rotatable bonds is 2. The summed E-state index contributed by atoms with van der Waals surface area (Å²) in [6.45, 7) is 0. The molecule has 0 aliphatic heterocycles. The Bertz CT molecular complexity index is 1510. The molecule has 3 heterocycles. The molecular formula is C20H13F2N5O2. The molecule has 144 valence electrons. The highest BCUT2D eigenvalue weighted by Crippen LogP contribution is 2.40. The van der Waals surface area contributed by atoms with Gasteiger partial charge in [0.2, 0.25) is 0 Å². The summed E-state index contributed by atoms with van der Waals surface area (Å²) in [7, 11) is 1.50. The topological polar surface area (TPSA) is 110 Å². The molecular weight excluding hydrogens is 380 g/mol. The molecule has 7 nitrogen and oxygen atoms in total. The number of hydrogen-bond donors (Lipinski definition) is 3. The molecule has 0 aliphatic carbocycles. The number of hydrogen-bond acceptors (Lipinski definition) is 5. The summed E-state index contributed by atoms with van der Waals surface area (Å²) in [4.78, 5) is 19.7. The van der Waals surface area contributed by atoms with Crippen LogP contribution >= 0.6 is 0 Å². The molecule has 2 aromatic carbocycles. The third kappa shape index (κ3) is 2.30. The Labute approximate surface area is 161 Å². The molecule has 0 saturated carbocycles. The van der Waals surface area contributed by atoms with E-state index in [9.17, 15) is 13.6 Å². The predicted molar refractivity (Wildman–Crippen MR) is 106 cm³/mol. The van der Waals surface area contributed by atoms with E-state index in [-0.39, 0.29) is 22.3 Å². The molecule has 0 spiro atoms. The van der Waals surface area contributed by atoms with Crippen molar-refractivity contribution in [3.05, 3.63) is 58.6 Å². The van der Waals surface area contributed by atoms with Gasteiger partial charge in [0.1, 0.15) is 22.5 Å². The highest BCUT2D eigenvalue weighted by Gasteiger charge is 2.22. The number of nitrogens with zero attached hydrogens (tertiary/aromatic N) is 2. The fraction of sp³-hybridized carbons (Fsp3) is 0.0500. The maximum absolute atomic E-state index is 14.3. The van der Waals surface area contributed by atoms with Gasteiger partial charge in [-0.2, -0.15) is 5.10 Å². The molecule has 0 radical (unpaired) electrons. The van der Waals surface area contributed by atoms with Crippen LogP contribution in [0.15, 0.2) is 41.5 Å².